The fraction of sp³-hybridized carbons (Fsp3) is 0.818. The highest BCUT2D eigenvalue weighted by Crippen LogP contribution is 2.17. The number of methoxy groups -OCH3 is 1. The summed E-state index contributed by atoms with van der Waals surface area (Å²) in [5, 5.41) is 2.78. The van der Waals surface area contributed by atoms with Gasteiger partial charge in [0.1, 0.15) is 5.75 Å². The Morgan fingerprint density at radius 2 is 2.06 bits per heavy atom. The number of likely N-dealkylation sites (tertiary alicyclic amines) is 1. The van der Waals surface area contributed by atoms with Crippen LogP contribution >= 0.6 is 0 Å². The van der Waals surface area contributed by atoms with E-state index in [4.69, 9.17) is 0 Å². The molecule has 2 amide bonds. The lowest BCUT2D eigenvalue weighted by Crippen LogP contribution is -2.43. The van der Waals surface area contributed by atoms with E-state index in [1.807, 2.05) is 0 Å². The number of hydrogen-bond acceptors (Lipinski definition) is 4. The molecule has 0 bridgehead atoms. The highest BCUT2D eigenvalue weighted by atomic mass is 32.2. The summed E-state index contributed by atoms with van der Waals surface area (Å²) in [5.41, 5.74) is 0. The van der Waals surface area contributed by atoms with E-state index in [-0.39, 0.29) is 17.9 Å². The molecule has 0 aromatic carbocycles. The normalized spacial score (nSPS) is 18.3. The highest BCUT2D eigenvalue weighted by Gasteiger charge is 2.27. The number of nitrogens with one attached hydrogen (secondary N) is 1. The van der Waals surface area contributed by atoms with Crippen molar-refractivity contribution in [3.63, 3.8) is 0 Å². The van der Waals surface area contributed by atoms with Crippen LogP contribution in [0.1, 0.15) is 12.8 Å². The molecule has 18 heavy (non-hydrogen) atoms. The van der Waals surface area contributed by atoms with Crippen LogP contribution in [0.5, 0.6) is 0 Å². The minimum atomic E-state index is -0.884. The van der Waals surface area contributed by atoms with Crippen molar-refractivity contribution in [1.29, 1.82) is 0 Å². The Morgan fingerprint density at radius 3 is 2.56 bits per heavy atom. The van der Waals surface area contributed by atoms with Crippen molar-refractivity contribution in [2.75, 3.05) is 38.8 Å². The van der Waals surface area contributed by atoms with Crippen molar-refractivity contribution >= 4 is 23.2 Å². The standard InChI is InChI=1S/C11H20N2O4S/c1-17-11(15)13-6-3-9(4-7-13)10(14)12-5-8-18(2)16/h9H,3-8H2,1-2H3,(H,12,14). The number of carbonyl (C=O) groups is 2. The molecule has 0 spiro atoms. The third kappa shape index (κ3) is 4.73. The molecule has 1 saturated heterocycles. The molecule has 1 heterocycles. The van der Waals surface area contributed by atoms with Crippen LogP contribution in [-0.2, 0) is 20.7 Å². The number of hydrogen-bond donors (Lipinski definition) is 1. The quantitative estimate of drug-likeness (QED) is 0.730. The maximum atomic E-state index is 11.8. The molecule has 1 aliphatic heterocycles. The first kappa shape index (κ1) is 15.1. The average molecular weight is 276 g/mol. The van der Waals surface area contributed by atoms with E-state index in [1.165, 1.54) is 7.11 Å². The smallest absolute Gasteiger partial charge is 0.409 e. The van der Waals surface area contributed by atoms with Gasteiger partial charge < -0.3 is 19.5 Å². The second-order valence-corrected chi connectivity index (χ2v) is 5.85. The lowest BCUT2D eigenvalue weighted by molar-refractivity contribution is -0.126. The molecule has 0 aromatic heterocycles. The van der Waals surface area contributed by atoms with Gasteiger partial charge in [0.05, 0.1) is 19.9 Å². The number of carbonyl (C=O) groups excluding carboxylic acids is 2. The number of nitrogens with zero attached hydrogens (tertiary/aromatic N) is 1. The molecule has 0 saturated carbocycles. The molecule has 1 rings (SSSR count). The summed E-state index contributed by atoms with van der Waals surface area (Å²) in [6.07, 6.45) is 2.57. The summed E-state index contributed by atoms with van der Waals surface area (Å²) in [5.74, 6) is 0.411. The van der Waals surface area contributed by atoms with Crippen LogP contribution in [-0.4, -0.2) is 60.2 Å². The molecule has 1 aliphatic rings. The number of ether oxygens (including phenoxy) is 1. The second kappa shape index (κ2) is 7.48. The molecule has 0 aliphatic carbocycles. The van der Waals surface area contributed by atoms with E-state index in [0.717, 1.165) is 0 Å². The Labute approximate surface area is 110 Å². The predicted octanol–water partition coefficient (Wildman–Crippen LogP) is -0.0405. The number of piperidine rings is 1. The Hall–Kier alpha value is -0.950. The molecule has 0 radical (unpaired) electrons. The van der Waals surface area contributed by atoms with Crippen molar-refractivity contribution in [2.24, 2.45) is 5.92 Å². The van der Waals surface area contributed by atoms with Gasteiger partial charge in [-0.1, -0.05) is 11.2 Å². The summed E-state index contributed by atoms with van der Waals surface area (Å²) < 4.78 is 15.5. The first-order chi connectivity index (χ1) is 8.54. The summed E-state index contributed by atoms with van der Waals surface area (Å²) in [4.78, 5) is 24.6. The van der Waals surface area contributed by atoms with Gasteiger partial charge in [0, 0.05) is 19.0 Å². The van der Waals surface area contributed by atoms with E-state index in [2.05, 4.69) is 10.1 Å². The van der Waals surface area contributed by atoms with Gasteiger partial charge in [-0.3, -0.25) is 4.79 Å². The van der Waals surface area contributed by atoms with Crippen LogP contribution in [0.3, 0.4) is 0 Å². The molecule has 1 unspecified atom stereocenters. The summed E-state index contributed by atoms with van der Waals surface area (Å²) >= 11 is -0.884. The van der Waals surface area contributed by atoms with Crippen molar-refractivity contribution in [1.82, 2.24) is 10.2 Å². The highest BCUT2D eigenvalue weighted by molar-refractivity contribution is 7.90. The van der Waals surface area contributed by atoms with Gasteiger partial charge >= 0.3 is 6.09 Å². The van der Waals surface area contributed by atoms with Crippen LogP contribution in [0.4, 0.5) is 4.79 Å². The first-order valence-electron chi connectivity index (χ1n) is 5.95. The number of rotatable bonds is 4. The first-order valence-corrected chi connectivity index (χ1v) is 7.68. The van der Waals surface area contributed by atoms with E-state index in [1.54, 1.807) is 11.2 Å². The fourth-order valence-corrected chi connectivity index (χ4v) is 2.31. The van der Waals surface area contributed by atoms with Gasteiger partial charge in [-0.2, -0.15) is 0 Å². The van der Waals surface area contributed by atoms with Crippen molar-refractivity contribution in [3.05, 3.63) is 0 Å². The zero-order chi connectivity index (χ0) is 13.5. The van der Waals surface area contributed by atoms with Crippen LogP contribution < -0.4 is 5.32 Å². The monoisotopic (exact) mass is 276 g/mol. The lowest BCUT2D eigenvalue weighted by Gasteiger charge is -2.30. The van der Waals surface area contributed by atoms with Crippen molar-refractivity contribution < 1.29 is 18.9 Å². The molecule has 1 N–H and O–H groups in total. The minimum absolute atomic E-state index is 0.00929. The SMILES string of the molecule is COC(=O)N1CCC(C(=O)NCC[S+](C)[O-])CC1. The summed E-state index contributed by atoms with van der Waals surface area (Å²) in [6, 6.07) is 0. The molecule has 1 atom stereocenters. The Bertz CT molecular complexity index is 291. The minimum Gasteiger partial charge on any atom is -0.617 e. The van der Waals surface area contributed by atoms with E-state index in [0.29, 0.717) is 38.2 Å². The second-order valence-electron chi connectivity index (χ2n) is 4.30. The molecule has 1 fully saturated rings. The van der Waals surface area contributed by atoms with Crippen LogP contribution in [0.25, 0.3) is 0 Å². The van der Waals surface area contributed by atoms with Gasteiger partial charge in [-0.25, -0.2) is 4.79 Å². The van der Waals surface area contributed by atoms with E-state index in [9.17, 15) is 14.1 Å². The lowest BCUT2D eigenvalue weighted by atomic mass is 9.96. The average Bonchev–Trinajstić information content (AvgIpc) is 2.37. The number of amides is 2. The van der Waals surface area contributed by atoms with E-state index < -0.39 is 11.2 Å². The van der Waals surface area contributed by atoms with Gasteiger partial charge in [0.25, 0.3) is 0 Å². The maximum absolute atomic E-state index is 11.8. The van der Waals surface area contributed by atoms with E-state index >= 15 is 0 Å². The van der Waals surface area contributed by atoms with Gasteiger partial charge in [-0.05, 0) is 12.8 Å². The van der Waals surface area contributed by atoms with Crippen LogP contribution in [0, 0.1) is 5.92 Å². The van der Waals surface area contributed by atoms with Crippen molar-refractivity contribution in [3.8, 4) is 0 Å². The van der Waals surface area contributed by atoms with Crippen LogP contribution in [0.15, 0.2) is 0 Å². The largest absolute Gasteiger partial charge is 0.617 e. The molecule has 104 valence electrons. The zero-order valence-corrected chi connectivity index (χ0v) is 11.6. The molecular formula is C11H20N2O4S. The topological polar surface area (TPSA) is 81.7 Å². The third-order valence-corrected chi connectivity index (χ3v) is 3.77. The third-order valence-electron chi connectivity index (χ3n) is 2.99. The summed E-state index contributed by atoms with van der Waals surface area (Å²) in [7, 11) is 1.35. The zero-order valence-electron chi connectivity index (χ0n) is 10.8. The predicted molar refractivity (Wildman–Crippen MR) is 68.6 cm³/mol. The molecule has 6 nitrogen and oxygen atoms in total. The maximum Gasteiger partial charge on any atom is 0.409 e. The molecular weight excluding hydrogens is 256 g/mol. The van der Waals surface area contributed by atoms with Gasteiger partial charge in [0.15, 0.2) is 0 Å². The van der Waals surface area contributed by atoms with Crippen LogP contribution in [0.2, 0.25) is 0 Å². The van der Waals surface area contributed by atoms with Gasteiger partial charge in [0.2, 0.25) is 5.91 Å². The Kier molecular flexibility index (Phi) is 6.28. The van der Waals surface area contributed by atoms with Gasteiger partial charge in [-0.15, -0.1) is 0 Å². The Morgan fingerprint density at radius 1 is 1.44 bits per heavy atom. The fourth-order valence-electron chi connectivity index (χ4n) is 1.92. The summed E-state index contributed by atoms with van der Waals surface area (Å²) in [6.45, 7) is 1.54. The molecule has 7 heteroatoms. The Balaban J connectivity index is 2.25. The molecule has 0 aromatic rings. The van der Waals surface area contributed by atoms with Crippen molar-refractivity contribution in [2.45, 2.75) is 12.8 Å².